The van der Waals surface area contributed by atoms with Crippen molar-refractivity contribution in [3.05, 3.63) is 39.6 Å². The van der Waals surface area contributed by atoms with Crippen LogP contribution in [0.3, 0.4) is 0 Å². The molecule has 2 heterocycles. The summed E-state index contributed by atoms with van der Waals surface area (Å²) < 4.78 is 15.9. The van der Waals surface area contributed by atoms with Gasteiger partial charge >= 0.3 is 5.97 Å². The molecule has 1 aliphatic heterocycles. The van der Waals surface area contributed by atoms with Gasteiger partial charge in [0, 0.05) is 16.6 Å². The first kappa shape index (κ1) is 17.9. The molecule has 6 nitrogen and oxygen atoms in total. The Hall–Kier alpha value is -2.54. The van der Waals surface area contributed by atoms with Crippen molar-refractivity contribution in [2.24, 2.45) is 0 Å². The van der Waals surface area contributed by atoms with Crippen LogP contribution >= 0.6 is 11.3 Å². The smallest absolute Gasteiger partial charge is 0.349 e. The number of fused-ring (bicyclic) bond motifs is 2. The van der Waals surface area contributed by atoms with E-state index in [0.717, 1.165) is 25.7 Å². The molecular formula is C20H21NO5S. The largest absolute Gasteiger partial charge is 0.454 e. The number of anilines is 1. The van der Waals surface area contributed by atoms with Gasteiger partial charge < -0.3 is 19.5 Å². The van der Waals surface area contributed by atoms with E-state index in [0.29, 0.717) is 22.1 Å². The number of rotatable bonds is 4. The molecule has 0 bridgehead atoms. The molecule has 0 saturated carbocycles. The van der Waals surface area contributed by atoms with Gasteiger partial charge in [-0.05, 0) is 56.4 Å². The van der Waals surface area contributed by atoms with Gasteiger partial charge in [0.25, 0.3) is 5.91 Å². The minimum atomic E-state index is -0.898. The summed E-state index contributed by atoms with van der Waals surface area (Å²) in [5.41, 5.74) is 1.82. The van der Waals surface area contributed by atoms with E-state index in [-0.39, 0.29) is 12.7 Å². The van der Waals surface area contributed by atoms with Gasteiger partial charge in [0.1, 0.15) is 4.88 Å². The molecule has 2 aliphatic rings. The van der Waals surface area contributed by atoms with Gasteiger partial charge in [-0.2, -0.15) is 0 Å². The molecule has 1 aromatic heterocycles. The average Bonchev–Trinajstić information content (AvgIpc) is 3.23. The highest BCUT2D eigenvalue weighted by atomic mass is 32.1. The van der Waals surface area contributed by atoms with Crippen LogP contribution in [-0.2, 0) is 22.4 Å². The summed E-state index contributed by atoms with van der Waals surface area (Å²) in [5.74, 6) is 0.393. The van der Waals surface area contributed by atoms with Crippen molar-refractivity contribution in [3.8, 4) is 11.5 Å². The Morgan fingerprint density at radius 1 is 1.11 bits per heavy atom. The molecule has 1 N–H and O–H groups in total. The molecule has 0 radical (unpaired) electrons. The molecule has 142 valence electrons. The molecule has 1 aliphatic carbocycles. The first-order chi connectivity index (χ1) is 13.1. The monoisotopic (exact) mass is 387 g/mol. The van der Waals surface area contributed by atoms with Crippen LogP contribution in [0.5, 0.6) is 11.5 Å². The van der Waals surface area contributed by atoms with Gasteiger partial charge in [0.05, 0.1) is 0 Å². The van der Waals surface area contributed by atoms with Gasteiger partial charge in [-0.1, -0.05) is 6.42 Å². The Labute approximate surface area is 161 Å². The van der Waals surface area contributed by atoms with Gasteiger partial charge in [-0.15, -0.1) is 11.3 Å². The van der Waals surface area contributed by atoms with Crippen LogP contribution in [0.1, 0.15) is 46.3 Å². The van der Waals surface area contributed by atoms with E-state index in [9.17, 15) is 9.59 Å². The van der Waals surface area contributed by atoms with Crippen molar-refractivity contribution < 1.29 is 23.8 Å². The summed E-state index contributed by atoms with van der Waals surface area (Å²) in [4.78, 5) is 26.7. The predicted octanol–water partition coefficient (Wildman–Crippen LogP) is 3.93. The number of carbonyl (C=O) groups is 2. The lowest BCUT2D eigenvalue weighted by atomic mass is 10.1. The molecule has 0 spiro atoms. The molecular weight excluding hydrogens is 366 g/mol. The van der Waals surface area contributed by atoms with E-state index in [4.69, 9.17) is 14.2 Å². The van der Waals surface area contributed by atoms with Crippen LogP contribution in [-0.4, -0.2) is 24.8 Å². The third-order valence-corrected chi connectivity index (χ3v) is 5.96. The molecule has 2 aromatic rings. The zero-order chi connectivity index (χ0) is 18.8. The Morgan fingerprint density at radius 2 is 1.93 bits per heavy atom. The second-order valence-electron chi connectivity index (χ2n) is 6.72. The number of ether oxygens (including phenoxy) is 3. The molecule has 4 rings (SSSR count). The van der Waals surface area contributed by atoms with E-state index >= 15 is 0 Å². The molecule has 0 saturated heterocycles. The van der Waals surface area contributed by atoms with Crippen LogP contribution in [0, 0.1) is 0 Å². The maximum absolute atomic E-state index is 12.4. The van der Waals surface area contributed by atoms with Crippen molar-refractivity contribution >= 4 is 28.9 Å². The van der Waals surface area contributed by atoms with E-state index < -0.39 is 12.1 Å². The Bertz CT molecular complexity index is 852. The zero-order valence-corrected chi connectivity index (χ0v) is 15.9. The van der Waals surface area contributed by atoms with Crippen LogP contribution in [0.4, 0.5) is 5.69 Å². The highest BCUT2D eigenvalue weighted by Gasteiger charge is 2.23. The zero-order valence-electron chi connectivity index (χ0n) is 15.1. The minimum Gasteiger partial charge on any atom is -0.454 e. The van der Waals surface area contributed by atoms with Crippen LogP contribution < -0.4 is 14.8 Å². The fourth-order valence-electron chi connectivity index (χ4n) is 3.26. The second kappa shape index (κ2) is 7.60. The van der Waals surface area contributed by atoms with Crippen LogP contribution in [0.15, 0.2) is 24.3 Å². The number of hydrogen-bond acceptors (Lipinski definition) is 6. The fraction of sp³-hybridized carbons (Fsp3) is 0.400. The summed E-state index contributed by atoms with van der Waals surface area (Å²) in [6.07, 6.45) is 4.69. The topological polar surface area (TPSA) is 73.9 Å². The SMILES string of the molecule is C[C@H](OC(=O)c1cc2c(s1)CCCCC2)C(=O)Nc1ccc2c(c1)OCO2. The number of nitrogens with one attached hydrogen (secondary N) is 1. The first-order valence-electron chi connectivity index (χ1n) is 9.13. The van der Waals surface area contributed by atoms with Crippen molar-refractivity contribution in [2.45, 2.75) is 45.1 Å². The Kier molecular flexibility index (Phi) is 5.03. The predicted molar refractivity (Wildman–Crippen MR) is 102 cm³/mol. The average molecular weight is 387 g/mol. The molecule has 7 heteroatoms. The standard InChI is InChI=1S/C20H21NO5S/c1-12(19(22)21-14-7-8-15-16(10-14)25-11-24-15)26-20(23)18-9-13-5-3-2-4-6-17(13)27-18/h7-10,12H,2-6,11H2,1H3,(H,21,22)/t12-/m0/s1. The van der Waals surface area contributed by atoms with E-state index in [2.05, 4.69) is 5.32 Å². The van der Waals surface area contributed by atoms with Gasteiger partial charge in [0.2, 0.25) is 6.79 Å². The maximum Gasteiger partial charge on any atom is 0.349 e. The normalized spacial score (nSPS) is 16.2. The van der Waals surface area contributed by atoms with Crippen LogP contribution in [0.2, 0.25) is 0 Å². The second-order valence-corrected chi connectivity index (χ2v) is 7.86. The highest BCUT2D eigenvalue weighted by Crippen LogP contribution is 2.34. The summed E-state index contributed by atoms with van der Waals surface area (Å²) in [5, 5.41) is 2.74. The van der Waals surface area contributed by atoms with Gasteiger partial charge in [-0.3, -0.25) is 4.79 Å². The summed E-state index contributed by atoms with van der Waals surface area (Å²) in [7, 11) is 0. The van der Waals surface area contributed by atoms with Crippen molar-refractivity contribution in [1.82, 2.24) is 0 Å². The van der Waals surface area contributed by atoms with E-state index in [1.54, 1.807) is 25.1 Å². The van der Waals surface area contributed by atoms with Gasteiger partial charge in [-0.25, -0.2) is 4.79 Å². The highest BCUT2D eigenvalue weighted by molar-refractivity contribution is 7.14. The lowest BCUT2D eigenvalue weighted by Gasteiger charge is -2.13. The molecule has 27 heavy (non-hydrogen) atoms. The third-order valence-electron chi connectivity index (χ3n) is 4.74. The number of hydrogen-bond donors (Lipinski definition) is 1. The Morgan fingerprint density at radius 3 is 2.81 bits per heavy atom. The number of amides is 1. The van der Waals surface area contributed by atoms with Gasteiger partial charge in [0.15, 0.2) is 17.6 Å². The lowest BCUT2D eigenvalue weighted by molar-refractivity contribution is -0.123. The van der Waals surface area contributed by atoms with Crippen LogP contribution in [0.25, 0.3) is 0 Å². The summed E-state index contributed by atoms with van der Waals surface area (Å²) >= 11 is 1.49. The number of esters is 1. The molecule has 0 unspecified atom stereocenters. The molecule has 1 atom stereocenters. The third kappa shape index (κ3) is 3.93. The first-order valence-corrected chi connectivity index (χ1v) is 9.95. The number of carbonyl (C=O) groups excluding carboxylic acids is 2. The minimum absolute atomic E-state index is 0.172. The lowest BCUT2D eigenvalue weighted by Crippen LogP contribution is -2.29. The number of aryl methyl sites for hydroxylation is 2. The maximum atomic E-state index is 12.4. The quantitative estimate of drug-likeness (QED) is 0.636. The number of thiophene rings is 1. The van der Waals surface area contributed by atoms with Crippen molar-refractivity contribution in [3.63, 3.8) is 0 Å². The van der Waals surface area contributed by atoms with E-state index in [1.165, 1.54) is 28.2 Å². The molecule has 0 fully saturated rings. The summed E-state index contributed by atoms with van der Waals surface area (Å²) in [6.45, 7) is 1.74. The Balaban J connectivity index is 1.37. The fourth-order valence-corrected chi connectivity index (χ4v) is 4.39. The van der Waals surface area contributed by atoms with Crippen molar-refractivity contribution in [2.75, 3.05) is 12.1 Å². The molecule has 1 aromatic carbocycles. The summed E-state index contributed by atoms with van der Waals surface area (Å²) in [6, 6.07) is 7.06. The molecule has 1 amide bonds. The number of benzene rings is 1. The van der Waals surface area contributed by atoms with Crippen molar-refractivity contribution in [1.29, 1.82) is 0 Å². The van der Waals surface area contributed by atoms with E-state index in [1.807, 2.05) is 6.07 Å².